The summed E-state index contributed by atoms with van der Waals surface area (Å²) in [5.74, 6) is 0.434. The molecule has 1 saturated heterocycles. The molecule has 0 aromatic carbocycles. The van der Waals surface area contributed by atoms with E-state index in [2.05, 4.69) is 32.7 Å². The van der Waals surface area contributed by atoms with Crippen molar-refractivity contribution in [1.82, 2.24) is 9.80 Å². The van der Waals surface area contributed by atoms with Crippen molar-refractivity contribution >= 4 is 5.91 Å². The maximum atomic E-state index is 12.4. The normalized spacial score (nSPS) is 23.2. The summed E-state index contributed by atoms with van der Waals surface area (Å²) >= 11 is 0. The summed E-state index contributed by atoms with van der Waals surface area (Å²) in [6, 6.07) is 0.241. The van der Waals surface area contributed by atoms with Gasteiger partial charge in [-0.3, -0.25) is 9.69 Å². The molecule has 0 spiro atoms. The van der Waals surface area contributed by atoms with Gasteiger partial charge in [-0.15, -0.1) is 0 Å². The Kier molecular flexibility index (Phi) is 5.81. The van der Waals surface area contributed by atoms with Gasteiger partial charge in [0.15, 0.2) is 0 Å². The Morgan fingerprint density at radius 1 is 1.26 bits per heavy atom. The minimum Gasteiger partial charge on any atom is -0.339 e. The number of hydrogen-bond acceptors (Lipinski definition) is 3. The van der Waals surface area contributed by atoms with Crippen LogP contribution < -0.4 is 5.73 Å². The predicted octanol–water partition coefficient (Wildman–Crippen LogP) is 1.69. The maximum Gasteiger partial charge on any atom is 0.225 e. The molecule has 1 fully saturated rings. The first-order valence-electron chi connectivity index (χ1n) is 7.49. The summed E-state index contributed by atoms with van der Waals surface area (Å²) in [5, 5.41) is 0. The van der Waals surface area contributed by atoms with E-state index in [-0.39, 0.29) is 17.5 Å². The Bertz CT molecular complexity index is 302. The first-order chi connectivity index (χ1) is 8.74. The average Bonchev–Trinajstić information content (AvgIpc) is 2.31. The molecule has 1 rings (SSSR count). The van der Waals surface area contributed by atoms with Crippen molar-refractivity contribution in [3.8, 4) is 0 Å². The first kappa shape index (κ1) is 16.4. The zero-order chi connectivity index (χ0) is 14.6. The van der Waals surface area contributed by atoms with Gasteiger partial charge >= 0.3 is 0 Å². The molecule has 112 valence electrons. The van der Waals surface area contributed by atoms with Crippen LogP contribution in [0.3, 0.4) is 0 Å². The van der Waals surface area contributed by atoms with Gasteiger partial charge < -0.3 is 10.6 Å². The van der Waals surface area contributed by atoms with Gasteiger partial charge in [0, 0.05) is 37.1 Å². The Morgan fingerprint density at radius 2 is 1.89 bits per heavy atom. The molecule has 0 saturated carbocycles. The van der Waals surface area contributed by atoms with Crippen molar-refractivity contribution < 1.29 is 4.79 Å². The third-order valence-corrected chi connectivity index (χ3v) is 4.35. The lowest BCUT2D eigenvalue weighted by Crippen LogP contribution is -2.59. The number of carbonyl (C=O) groups is 1. The Morgan fingerprint density at radius 3 is 2.42 bits per heavy atom. The fourth-order valence-corrected chi connectivity index (χ4v) is 2.61. The molecule has 1 heterocycles. The second-order valence-electron chi connectivity index (χ2n) is 6.80. The molecule has 4 nitrogen and oxygen atoms in total. The van der Waals surface area contributed by atoms with E-state index in [1.54, 1.807) is 0 Å². The van der Waals surface area contributed by atoms with Crippen molar-refractivity contribution in [1.29, 1.82) is 0 Å². The Hall–Kier alpha value is -0.610. The molecule has 2 unspecified atom stereocenters. The summed E-state index contributed by atoms with van der Waals surface area (Å²) < 4.78 is 0. The van der Waals surface area contributed by atoms with Gasteiger partial charge in [-0.2, -0.15) is 0 Å². The quantitative estimate of drug-likeness (QED) is 0.826. The second-order valence-corrected chi connectivity index (χ2v) is 6.80. The van der Waals surface area contributed by atoms with Crippen molar-refractivity contribution in [2.75, 3.05) is 26.7 Å². The number of likely N-dealkylation sites (N-methyl/N-ethyl adjacent to an activating group) is 1. The summed E-state index contributed by atoms with van der Waals surface area (Å²) in [5.41, 5.74) is 5.83. The molecule has 1 aliphatic rings. The monoisotopic (exact) mass is 269 g/mol. The van der Waals surface area contributed by atoms with E-state index < -0.39 is 0 Å². The second kappa shape index (κ2) is 6.71. The summed E-state index contributed by atoms with van der Waals surface area (Å²) in [7, 11) is 2.13. The van der Waals surface area contributed by atoms with E-state index in [0.29, 0.717) is 5.91 Å². The van der Waals surface area contributed by atoms with Gasteiger partial charge in [-0.25, -0.2) is 0 Å². The minimum absolute atomic E-state index is 0.0827. The van der Waals surface area contributed by atoms with Crippen LogP contribution in [0.25, 0.3) is 0 Å². The number of piperazine rings is 1. The summed E-state index contributed by atoms with van der Waals surface area (Å²) in [4.78, 5) is 16.8. The SMILES string of the molecule is CC(N)CCCC(C)C(=O)N1CCN(C)C(C)(C)C1. The average molecular weight is 269 g/mol. The van der Waals surface area contributed by atoms with Gasteiger partial charge in [0.1, 0.15) is 0 Å². The zero-order valence-electron chi connectivity index (χ0n) is 13.3. The van der Waals surface area contributed by atoms with Gasteiger partial charge in [0.25, 0.3) is 0 Å². The van der Waals surface area contributed by atoms with E-state index in [1.807, 2.05) is 11.8 Å². The molecule has 0 bridgehead atoms. The Balaban J connectivity index is 2.44. The Labute approximate surface area is 118 Å². The topological polar surface area (TPSA) is 49.6 Å². The molecule has 2 N–H and O–H groups in total. The number of amides is 1. The molecule has 0 aliphatic carbocycles. The van der Waals surface area contributed by atoms with Crippen LogP contribution in [0.15, 0.2) is 0 Å². The molecule has 1 amide bonds. The van der Waals surface area contributed by atoms with E-state index in [0.717, 1.165) is 38.9 Å². The highest BCUT2D eigenvalue weighted by Gasteiger charge is 2.34. The number of carbonyl (C=O) groups excluding carboxylic acids is 1. The van der Waals surface area contributed by atoms with E-state index in [4.69, 9.17) is 5.73 Å². The molecule has 0 aromatic heterocycles. The molecule has 0 aromatic rings. The van der Waals surface area contributed by atoms with Crippen molar-refractivity contribution in [2.45, 2.75) is 58.5 Å². The van der Waals surface area contributed by atoms with Gasteiger partial charge in [0.2, 0.25) is 5.91 Å². The third-order valence-electron chi connectivity index (χ3n) is 4.35. The van der Waals surface area contributed by atoms with Gasteiger partial charge in [-0.05, 0) is 40.7 Å². The number of nitrogens with two attached hydrogens (primary N) is 1. The van der Waals surface area contributed by atoms with Crippen LogP contribution in [0.1, 0.15) is 47.0 Å². The summed E-state index contributed by atoms with van der Waals surface area (Å²) in [6.45, 7) is 11.1. The molecule has 2 atom stereocenters. The fourth-order valence-electron chi connectivity index (χ4n) is 2.61. The lowest BCUT2D eigenvalue weighted by molar-refractivity contribution is -0.139. The third kappa shape index (κ3) is 4.77. The lowest BCUT2D eigenvalue weighted by Gasteiger charge is -2.46. The zero-order valence-corrected chi connectivity index (χ0v) is 13.3. The smallest absolute Gasteiger partial charge is 0.225 e. The number of nitrogens with zero attached hydrogens (tertiary/aromatic N) is 2. The maximum absolute atomic E-state index is 12.4. The van der Waals surface area contributed by atoms with Crippen molar-refractivity contribution in [3.63, 3.8) is 0 Å². The van der Waals surface area contributed by atoms with Crippen LogP contribution >= 0.6 is 0 Å². The molecular weight excluding hydrogens is 238 g/mol. The van der Waals surface area contributed by atoms with Crippen LogP contribution in [-0.2, 0) is 4.79 Å². The van der Waals surface area contributed by atoms with Gasteiger partial charge in [0.05, 0.1) is 0 Å². The molecular formula is C15H31N3O. The molecule has 19 heavy (non-hydrogen) atoms. The number of rotatable bonds is 5. The highest BCUT2D eigenvalue weighted by molar-refractivity contribution is 5.78. The largest absolute Gasteiger partial charge is 0.339 e. The van der Waals surface area contributed by atoms with E-state index >= 15 is 0 Å². The van der Waals surface area contributed by atoms with Crippen LogP contribution in [0.2, 0.25) is 0 Å². The van der Waals surface area contributed by atoms with Gasteiger partial charge in [-0.1, -0.05) is 13.3 Å². The summed E-state index contributed by atoms with van der Waals surface area (Å²) in [6.07, 6.45) is 3.00. The van der Waals surface area contributed by atoms with Crippen LogP contribution in [0.4, 0.5) is 0 Å². The van der Waals surface area contributed by atoms with Crippen LogP contribution in [0, 0.1) is 5.92 Å². The fraction of sp³-hybridized carbons (Fsp3) is 0.933. The molecule has 0 radical (unpaired) electrons. The minimum atomic E-state index is 0.0827. The standard InChI is InChI=1S/C15H31N3O/c1-12(7-6-8-13(2)16)14(19)18-10-9-17(5)15(3,4)11-18/h12-13H,6-11,16H2,1-5H3. The first-order valence-corrected chi connectivity index (χ1v) is 7.49. The molecule has 4 heteroatoms. The van der Waals surface area contributed by atoms with Crippen LogP contribution in [-0.4, -0.2) is 54.0 Å². The predicted molar refractivity (Wildman–Crippen MR) is 80.0 cm³/mol. The van der Waals surface area contributed by atoms with Crippen molar-refractivity contribution in [3.05, 3.63) is 0 Å². The highest BCUT2D eigenvalue weighted by atomic mass is 16.2. The van der Waals surface area contributed by atoms with E-state index in [9.17, 15) is 4.79 Å². The lowest BCUT2D eigenvalue weighted by atomic mass is 9.96. The van der Waals surface area contributed by atoms with Crippen LogP contribution in [0.5, 0.6) is 0 Å². The molecule has 1 aliphatic heterocycles. The van der Waals surface area contributed by atoms with E-state index in [1.165, 1.54) is 0 Å². The highest BCUT2D eigenvalue weighted by Crippen LogP contribution is 2.21. The van der Waals surface area contributed by atoms with Crippen molar-refractivity contribution in [2.24, 2.45) is 11.7 Å². The number of hydrogen-bond donors (Lipinski definition) is 1.